The van der Waals surface area contributed by atoms with Gasteiger partial charge >= 0.3 is 0 Å². The Morgan fingerprint density at radius 2 is 2.07 bits per heavy atom. The van der Waals surface area contributed by atoms with E-state index in [-0.39, 0.29) is 23.6 Å². The van der Waals surface area contributed by atoms with E-state index in [2.05, 4.69) is 33.3 Å². The highest BCUT2D eigenvalue weighted by Gasteiger charge is 2.69. The number of halogens is 2. The van der Waals surface area contributed by atoms with Crippen LogP contribution in [0.5, 0.6) is 5.75 Å². The van der Waals surface area contributed by atoms with Crippen LogP contribution in [0.1, 0.15) is 32.6 Å². The van der Waals surface area contributed by atoms with Gasteiger partial charge in [-0.3, -0.25) is 20.9 Å². The van der Waals surface area contributed by atoms with Crippen molar-refractivity contribution in [3.8, 4) is 5.75 Å². The highest BCUT2D eigenvalue weighted by molar-refractivity contribution is 6.42. The first-order valence-corrected chi connectivity index (χ1v) is 11.0. The lowest BCUT2D eigenvalue weighted by atomic mass is 9.44. The van der Waals surface area contributed by atoms with Crippen LogP contribution in [-0.4, -0.2) is 59.9 Å². The number of hydrazine groups is 1. The summed E-state index contributed by atoms with van der Waals surface area (Å²) in [6.07, 6.45) is 4.38. The van der Waals surface area contributed by atoms with Gasteiger partial charge in [-0.1, -0.05) is 23.2 Å². The average molecular weight is 440 g/mol. The van der Waals surface area contributed by atoms with Crippen LogP contribution >= 0.6 is 23.2 Å². The minimum atomic E-state index is -0.0971. The highest BCUT2D eigenvalue weighted by Crippen LogP contribution is 2.60. The summed E-state index contributed by atoms with van der Waals surface area (Å²) >= 11 is 11.9. The number of hydrogen-bond donors (Lipinski definition) is 4. The first-order chi connectivity index (χ1) is 13.9. The van der Waals surface area contributed by atoms with Crippen LogP contribution in [0.2, 0.25) is 10.0 Å². The highest BCUT2D eigenvalue weighted by atomic mass is 35.5. The quantitative estimate of drug-likeness (QED) is 0.539. The second kappa shape index (κ2) is 7.25. The molecule has 29 heavy (non-hydrogen) atoms. The van der Waals surface area contributed by atoms with Crippen molar-refractivity contribution < 1.29 is 9.53 Å². The van der Waals surface area contributed by atoms with E-state index in [0.717, 1.165) is 38.8 Å². The van der Waals surface area contributed by atoms with E-state index < -0.39 is 0 Å². The fraction of sp³-hybridized carbons (Fsp3) is 0.650. The van der Waals surface area contributed by atoms with Gasteiger partial charge in [-0.25, -0.2) is 5.01 Å². The van der Waals surface area contributed by atoms with Crippen molar-refractivity contribution in [3.63, 3.8) is 0 Å². The number of piperazine rings is 1. The Hall–Kier alpha value is -1.09. The minimum absolute atomic E-state index is 0.0229. The molecule has 7 nitrogen and oxygen atoms in total. The fourth-order valence-electron chi connectivity index (χ4n) is 5.54. The molecular formula is C20H27Cl2N5O2. The molecule has 5 fully saturated rings. The molecule has 3 saturated carbocycles. The molecule has 2 bridgehead atoms. The standard InChI is InChI=1S/C20H27Cl2N5O2/c1-12-6-16-18(23-4-5-27(16)26-12)25-20-9-19(10-20,11-20)24-17(28)8-29-13-2-3-14(21)15(22)7-13/h2-3,7,12,16,18,23,25-26H,4-6,8-11H2,1H3,(H,24,28). The van der Waals surface area contributed by atoms with Crippen LogP contribution < -0.4 is 26.1 Å². The Balaban J connectivity index is 1.09. The Labute approximate surface area is 180 Å². The summed E-state index contributed by atoms with van der Waals surface area (Å²) in [7, 11) is 0. The monoisotopic (exact) mass is 439 g/mol. The number of hydrogen-bond acceptors (Lipinski definition) is 6. The van der Waals surface area contributed by atoms with Crippen LogP contribution in [0.3, 0.4) is 0 Å². The molecule has 4 N–H and O–H groups in total. The topological polar surface area (TPSA) is 77.7 Å². The number of carbonyl (C=O) groups is 1. The summed E-state index contributed by atoms with van der Waals surface area (Å²) in [6, 6.07) is 6.00. The van der Waals surface area contributed by atoms with Gasteiger partial charge < -0.3 is 10.1 Å². The number of ether oxygens (including phenoxy) is 1. The normalized spacial score (nSPS) is 38.0. The first kappa shape index (κ1) is 19.8. The zero-order chi connectivity index (χ0) is 20.2. The maximum absolute atomic E-state index is 12.3. The predicted octanol–water partition coefficient (Wildman–Crippen LogP) is 1.65. The number of amides is 1. The third-order valence-electron chi connectivity index (χ3n) is 6.64. The van der Waals surface area contributed by atoms with E-state index in [1.165, 1.54) is 0 Å². The molecule has 9 heteroatoms. The number of carbonyl (C=O) groups excluding carboxylic acids is 1. The minimum Gasteiger partial charge on any atom is -0.484 e. The summed E-state index contributed by atoms with van der Waals surface area (Å²) in [4.78, 5) is 12.3. The summed E-state index contributed by atoms with van der Waals surface area (Å²) in [5.74, 6) is 0.442. The molecule has 3 aliphatic carbocycles. The van der Waals surface area contributed by atoms with Gasteiger partial charge in [0.15, 0.2) is 6.61 Å². The van der Waals surface area contributed by atoms with Crippen molar-refractivity contribution in [3.05, 3.63) is 28.2 Å². The van der Waals surface area contributed by atoms with Gasteiger partial charge in [-0.15, -0.1) is 0 Å². The van der Waals surface area contributed by atoms with E-state index in [1.54, 1.807) is 18.2 Å². The smallest absolute Gasteiger partial charge is 0.258 e. The largest absolute Gasteiger partial charge is 0.484 e. The average Bonchev–Trinajstić information content (AvgIpc) is 3.01. The van der Waals surface area contributed by atoms with Gasteiger partial charge in [0, 0.05) is 36.3 Å². The van der Waals surface area contributed by atoms with Crippen LogP contribution in [0, 0.1) is 0 Å². The molecule has 6 rings (SSSR count). The van der Waals surface area contributed by atoms with Crippen LogP contribution in [0.15, 0.2) is 18.2 Å². The lowest BCUT2D eigenvalue weighted by Crippen LogP contribution is -2.86. The molecule has 3 atom stereocenters. The molecule has 0 aromatic heterocycles. The third-order valence-corrected chi connectivity index (χ3v) is 7.38. The number of benzene rings is 1. The van der Waals surface area contributed by atoms with Gasteiger partial charge in [0.1, 0.15) is 5.75 Å². The summed E-state index contributed by atoms with van der Waals surface area (Å²) in [5, 5.41) is 13.9. The second-order valence-corrected chi connectivity index (χ2v) is 9.92. The SMILES string of the molecule is CC1CC2C(NC34CC(NC(=O)COc5ccc(Cl)c(Cl)c5)(C3)C4)NCCN2N1. The molecule has 2 saturated heterocycles. The fourth-order valence-corrected chi connectivity index (χ4v) is 5.83. The summed E-state index contributed by atoms with van der Waals surface area (Å²) < 4.78 is 5.55. The van der Waals surface area contributed by atoms with Crippen LogP contribution in [0.4, 0.5) is 0 Å². The Morgan fingerprint density at radius 1 is 1.28 bits per heavy atom. The Kier molecular flexibility index (Phi) is 4.96. The van der Waals surface area contributed by atoms with E-state index in [1.807, 2.05) is 0 Å². The molecule has 5 aliphatic rings. The molecule has 1 aromatic rings. The van der Waals surface area contributed by atoms with Crippen molar-refractivity contribution in [2.75, 3.05) is 19.7 Å². The number of nitrogens with one attached hydrogen (secondary N) is 4. The third kappa shape index (κ3) is 3.73. The van der Waals surface area contributed by atoms with Crippen molar-refractivity contribution in [1.82, 2.24) is 26.4 Å². The summed E-state index contributed by atoms with van der Waals surface area (Å²) in [5.41, 5.74) is 3.64. The predicted molar refractivity (Wildman–Crippen MR) is 112 cm³/mol. The van der Waals surface area contributed by atoms with E-state index in [0.29, 0.717) is 34.0 Å². The van der Waals surface area contributed by atoms with Crippen LogP contribution in [-0.2, 0) is 4.79 Å². The summed E-state index contributed by atoms with van der Waals surface area (Å²) in [6.45, 7) is 4.24. The van der Waals surface area contributed by atoms with Gasteiger partial charge in [-0.05, 0) is 44.7 Å². The number of nitrogens with zero attached hydrogens (tertiary/aromatic N) is 1. The molecule has 0 radical (unpaired) electrons. The lowest BCUT2D eigenvalue weighted by Gasteiger charge is -2.71. The van der Waals surface area contributed by atoms with E-state index in [9.17, 15) is 4.79 Å². The van der Waals surface area contributed by atoms with E-state index in [4.69, 9.17) is 27.9 Å². The molecular weight excluding hydrogens is 413 g/mol. The second-order valence-electron chi connectivity index (χ2n) is 9.11. The van der Waals surface area contributed by atoms with Crippen molar-refractivity contribution in [2.45, 2.75) is 61.9 Å². The van der Waals surface area contributed by atoms with Crippen molar-refractivity contribution in [2.24, 2.45) is 0 Å². The zero-order valence-corrected chi connectivity index (χ0v) is 17.9. The van der Waals surface area contributed by atoms with Gasteiger partial charge in [-0.2, -0.15) is 0 Å². The van der Waals surface area contributed by atoms with Crippen molar-refractivity contribution >= 4 is 29.1 Å². The molecule has 158 valence electrons. The Bertz CT molecular complexity index is 802. The lowest BCUT2D eigenvalue weighted by molar-refractivity contribution is -0.147. The first-order valence-electron chi connectivity index (χ1n) is 10.3. The maximum atomic E-state index is 12.3. The van der Waals surface area contributed by atoms with Gasteiger partial charge in [0.05, 0.1) is 22.3 Å². The van der Waals surface area contributed by atoms with Crippen molar-refractivity contribution in [1.29, 1.82) is 0 Å². The number of fused-ring (bicyclic) bond motifs is 1. The Morgan fingerprint density at radius 3 is 2.83 bits per heavy atom. The molecule has 1 amide bonds. The maximum Gasteiger partial charge on any atom is 0.258 e. The molecule has 2 aliphatic heterocycles. The molecule has 1 aromatic carbocycles. The zero-order valence-electron chi connectivity index (χ0n) is 16.4. The molecule has 2 heterocycles. The molecule has 3 unspecified atom stereocenters. The number of rotatable bonds is 6. The van der Waals surface area contributed by atoms with E-state index >= 15 is 0 Å². The molecule has 0 spiro atoms. The van der Waals surface area contributed by atoms with Gasteiger partial charge in [0.25, 0.3) is 5.91 Å². The van der Waals surface area contributed by atoms with Crippen LogP contribution in [0.25, 0.3) is 0 Å². The van der Waals surface area contributed by atoms with Gasteiger partial charge in [0.2, 0.25) is 0 Å².